The Morgan fingerprint density at radius 2 is 1.77 bits per heavy atom. The quantitative estimate of drug-likeness (QED) is 0.815. The van der Waals surface area contributed by atoms with E-state index in [1.165, 1.54) is 6.42 Å². The minimum absolute atomic E-state index is 0.000735. The van der Waals surface area contributed by atoms with Crippen molar-refractivity contribution in [3.05, 3.63) is 23.8 Å². The Bertz CT molecular complexity index is 697. The third-order valence-electron chi connectivity index (χ3n) is 5.72. The second-order valence-corrected chi connectivity index (χ2v) is 7.67. The van der Waals surface area contributed by atoms with Crippen molar-refractivity contribution in [2.45, 2.75) is 32.6 Å². The van der Waals surface area contributed by atoms with Gasteiger partial charge in [0.05, 0.1) is 0 Å². The van der Waals surface area contributed by atoms with E-state index in [0.717, 1.165) is 32.4 Å². The number of benzene rings is 1. The van der Waals surface area contributed by atoms with Crippen LogP contribution in [0.2, 0.25) is 0 Å². The second-order valence-electron chi connectivity index (χ2n) is 7.67. The monoisotopic (exact) mass is 358 g/mol. The minimum Gasteiger partial charge on any atom is -0.454 e. The fraction of sp³-hybridized carbons (Fsp3) is 0.600. The summed E-state index contributed by atoms with van der Waals surface area (Å²) in [4.78, 5) is 29.4. The van der Waals surface area contributed by atoms with Gasteiger partial charge in [0.1, 0.15) is 0 Å². The van der Waals surface area contributed by atoms with Crippen LogP contribution in [0.1, 0.15) is 43.0 Å². The number of nitrogens with zero attached hydrogens (tertiary/aromatic N) is 2. The van der Waals surface area contributed by atoms with Gasteiger partial charge in [0, 0.05) is 37.7 Å². The predicted octanol–water partition coefficient (Wildman–Crippen LogP) is 2.53. The van der Waals surface area contributed by atoms with Crippen LogP contribution in [-0.2, 0) is 4.79 Å². The van der Waals surface area contributed by atoms with Gasteiger partial charge in [-0.15, -0.1) is 0 Å². The molecule has 0 aliphatic carbocycles. The zero-order valence-electron chi connectivity index (χ0n) is 15.3. The average molecular weight is 358 g/mol. The Balaban J connectivity index is 1.34. The second kappa shape index (κ2) is 7.17. The van der Waals surface area contributed by atoms with Crippen LogP contribution < -0.4 is 9.47 Å². The molecule has 140 valence electrons. The maximum absolute atomic E-state index is 12.8. The Morgan fingerprint density at radius 3 is 2.54 bits per heavy atom. The third-order valence-corrected chi connectivity index (χ3v) is 5.72. The predicted molar refractivity (Wildman–Crippen MR) is 96.2 cm³/mol. The first-order chi connectivity index (χ1) is 12.6. The van der Waals surface area contributed by atoms with Crippen molar-refractivity contribution >= 4 is 11.8 Å². The molecule has 2 amide bonds. The van der Waals surface area contributed by atoms with E-state index < -0.39 is 0 Å². The summed E-state index contributed by atoms with van der Waals surface area (Å²) in [5.74, 6) is 2.25. The van der Waals surface area contributed by atoms with Gasteiger partial charge in [-0.2, -0.15) is 0 Å². The highest BCUT2D eigenvalue weighted by molar-refractivity contribution is 5.95. The van der Waals surface area contributed by atoms with E-state index in [0.29, 0.717) is 36.1 Å². The normalized spacial score (nSPS) is 23.2. The maximum atomic E-state index is 12.8. The van der Waals surface area contributed by atoms with Gasteiger partial charge in [-0.05, 0) is 49.8 Å². The molecule has 2 saturated heterocycles. The first-order valence-electron chi connectivity index (χ1n) is 9.59. The van der Waals surface area contributed by atoms with Crippen molar-refractivity contribution in [2.24, 2.45) is 11.8 Å². The highest BCUT2D eigenvalue weighted by atomic mass is 16.7. The smallest absolute Gasteiger partial charge is 0.253 e. The molecule has 0 aromatic heterocycles. The first-order valence-corrected chi connectivity index (χ1v) is 9.59. The number of carbonyl (C=O) groups excluding carboxylic acids is 2. The highest BCUT2D eigenvalue weighted by Crippen LogP contribution is 2.33. The van der Waals surface area contributed by atoms with E-state index in [-0.39, 0.29) is 24.5 Å². The Hall–Kier alpha value is -2.24. The number of rotatable bonds is 2. The zero-order valence-corrected chi connectivity index (χ0v) is 15.3. The van der Waals surface area contributed by atoms with Crippen LogP contribution in [0.4, 0.5) is 0 Å². The number of hydrogen-bond donors (Lipinski definition) is 0. The van der Waals surface area contributed by atoms with E-state index >= 15 is 0 Å². The Labute approximate surface area is 154 Å². The molecular formula is C20H26N2O4. The molecule has 4 rings (SSSR count). The summed E-state index contributed by atoms with van der Waals surface area (Å²) in [6.07, 6.45) is 3.82. The molecular weight excluding hydrogens is 332 g/mol. The number of fused-ring (bicyclic) bond motifs is 1. The summed E-state index contributed by atoms with van der Waals surface area (Å²) in [6, 6.07) is 5.31. The van der Waals surface area contributed by atoms with Crippen molar-refractivity contribution in [1.29, 1.82) is 0 Å². The van der Waals surface area contributed by atoms with Crippen molar-refractivity contribution in [1.82, 2.24) is 9.80 Å². The summed E-state index contributed by atoms with van der Waals surface area (Å²) in [7, 11) is 0. The van der Waals surface area contributed by atoms with Crippen molar-refractivity contribution in [3.8, 4) is 11.5 Å². The van der Waals surface area contributed by atoms with Gasteiger partial charge >= 0.3 is 0 Å². The average Bonchev–Trinajstić information content (AvgIpc) is 3.15. The Morgan fingerprint density at radius 1 is 1.00 bits per heavy atom. The van der Waals surface area contributed by atoms with E-state index in [2.05, 4.69) is 6.92 Å². The molecule has 3 heterocycles. The van der Waals surface area contributed by atoms with Gasteiger partial charge in [-0.3, -0.25) is 9.59 Å². The summed E-state index contributed by atoms with van der Waals surface area (Å²) in [6.45, 7) is 5.45. The van der Waals surface area contributed by atoms with Crippen LogP contribution in [0.25, 0.3) is 0 Å². The van der Waals surface area contributed by atoms with E-state index in [1.807, 2.05) is 9.80 Å². The lowest BCUT2D eigenvalue weighted by molar-refractivity contribution is -0.138. The van der Waals surface area contributed by atoms with Crippen LogP contribution >= 0.6 is 0 Å². The van der Waals surface area contributed by atoms with Gasteiger partial charge in [0.15, 0.2) is 11.5 Å². The lowest BCUT2D eigenvalue weighted by Gasteiger charge is -2.37. The number of carbonyl (C=O) groups is 2. The largest absolute Gasteiger partial charge is 0.454 e. The molecule has 1 aromatic rings. The van der Waals surface area contributed by atoms with Crippen LogP contribution in [0.15, 0.2) is 18.2 Å². The number of amides is 2. The van der Waals surface area contributed by atoms with Crippen molar-refractivity contribution < 1.29 is 19.1 Å². The molecule has 2 fully saturated rings. The first kappa shape index (κ1) is 17.2. The maximum Gasteiger partial charge on any atom is 0.253 e. The fourth-order valence-corrected chi connectivity index (χ4v) is 4.19. The zero-order chi connectivity index (χ0) is 18.1. The summed E-state index contributed by atoms with van der Waals surface area (Å²) < 4.78 is 10.7. The molecule has 0 spiro atoms. The molecule has 0 saturated carbocycles. The molecule has 1 atom stereocenters. The molecule has 6 heteroatoms. The van der Waals surface area contributed by atoms with E-state index in [1.54, 1.807) is 18.2 Å². The summed E-state index contributed by atoms with van der Waals surface area (Å²) >= 11 is 0. The fourth-order valence-electron chi connectivity index (χ4n) is 4.19. The molecule has 1 unspecified atom stereocenters. The molecule has 26 heavy (non-hydrogen) atoms. The van der Waals surface area contributed by atoms with Crippen LogP contribution in [-0.4, -0.2) is 54.6 Å². The van der Waals surface area contributed by atoms with Crippen LogP contribution in [0.3, 0.4) is 0 Å². The Kier molecular flexibility index (Phi) is 4.74. The summed E-state index contributed by atoms with van der Waals surface area (Å²) in [5, 5.41) is 0. The van der Waals surface area contributed by atoms with Gasteiger partial charge in [0.25, 0.3) is 5.91 Å². The third kappa shape index (κ3) is 3.37. The molecule has 3 aliphatic heterocycles. The van der Waals surface area contributed by atoms with Gasteiger partial charge in [0.2, 0.25) is 12.7 Å². The topological polar surface area (TPSA) is 59.1 Å². The lowest BCUT2D eigenvalue weighted by atomic mass is 9.92. The number of ether oxygens (including phenoxy) is 2. The van der Waals surface area contributed by atoms with E-state index in [4.69, 9.17) is 9.47 Å². The number of likely N-dealkylation sites (tertiary alicyclic amines) is 2. The molecule has 1 aromatic carbocycles. The minimum atomic E-state index is 0.000735. The molecule has 0 radical (unpaired) electrons. The van der Waals surface area contributed by atoms with Crippen molar-refractivity contribution in [3.63, 3.8) is 0 Å². The SMILES string of the molecule is CC1CCCN(C(=O)C2CCN(C(=O)c3ccc4c(c3)OCO4)CC2)C1. The lowest BCUT2D eigenvalue weighted by Crippen LogP contribution is -2.47. The van der Waals surface area contributed by atoms with Crippen LogP contribution in [0, 0.1) is 11.8 Å². The van der Waals surface area contributed by atoms with E-state index in [9.17, 15) is 9.59 Å². The molecule has 3 aliphatic rings. The standard InChI is InChI=1S/C20H26N2O4/c1-14-3-2-8-22(12-14)19(23)15-6-9-21(10-7-15)20(24)16-4-5-17-18(11-16)26-13-25-17/h4-5,11,14-15H,2-3,6-10,12-13H2,1H3. The van der Waals surface area contributed by atoms with Gasteiger partial charge < -0.3 is 19.3 Å². The van der Waals surface area contributed by atoms with Gasteiger partial charge in [-0.25, -0.2) is 0 Å². The van der Waals surface area contributed by atoms with Crippen LogP contribution in [0.5, 0.6) is 11.5 Å². The summed E-state index contributed by atoms with van der Waals surface area (Å²) in [5.41, 5.74) is 0.615. The molecule has 6 nitrogen and oxygen atoms in total. The van der Waals surface area contributed by atoms with Crippen molar-refractivity contribution in [2.75, 3.05) is 33.0 Å². The molecule has 0 bridgehead atoms. The highest BCUT2D eigenvalue weighted by Gasteiger charge is 2.32. The number of piperidine rings is 2. The molecule has 0 N–H and O–H groups in total. The van der Waals surface area contributed by atoms with Gasteiger partial charge in [-0.1, -0.05) is 6.92 Å². The number of hydrogen-bond acceptors (Lipinski definition) is 4.